The average molecular weight is 371 g/mol. The zero-order valence-electron chi connectivity index (χ0n) is 14.6. The molecule has 134 valence electrons. The molecule has 1 N–H and O–H groups in total. The third-order valence-electron chi connectivity index (χ3n) is 4.98. The van der Waals surface area contributed by atoms with Crippen molar-refractivity contribution in [3.05, 3.63) is 59.0 Å². The largest absolute Gasteiger partial charge is 0.361 e. The number of amides is 1. The molecule has 1 saturated carbocycles. The number of aromatic amines is 1. The number of hydrogen-bond donors (Lipinski definition) is 1. The zero-order chi connectivity index (χ0) is 18.3. The van der Waals surface area contributed by atoms with Gasteiger partial charge in [-0.25, -0.2) is 4.39 Å². The van der Waals surface area contributed by atoms with E-state index in [9.17, 15) is 9.18 Å². The first kappa shape index (κ1) is 17.1. The lowest BCUT2D eigenvalue weighted by Gasteiger charge is -2.22. The molecule has 1 fully saturated rings. The number of rotatable bonds is 5. The predicted octanol–water partition coefficient (Wildman–Crippen LogP) is 5.39. The van der Waals surface area contributed by atoms with Gasteiger partial charge >= 0.3 is 0 Å². The first-order valence-corrected chi connectivity index (χ1v) is 9.29. The van der Waals surface area contributed by atoms with Gasteiger partial charge < -0.3 is 9.88 Å². The summed E-state index contributed by atoms with van der Waals surface area (Å²) in [6.45, 7) is 2.99. The van der Waals surface area contributed by atoms with Crippen LogP contribution in [0.4, 0.5) is 4.39 Å². The number of carbonyl (C=O) groups excluding carboxylic acids is 1. The average Bonchev–Trinajstić information content (AvgIpc) is 3.40. The lowest BCUT2D eigenvalue weighted by Crippen LogP contribution is -2.31. The van der Waals surface area contributed by atoms with Gasteiger partial charge in [-0.3, -0.25) is 4.79 Å². The highest BCUT2D eigenvalue weighted by atomic mass is 35.5. The molecule has 0 unspecified atom stereocenters. The number of H-pyrrole nitrogens is 1. The van der Waals surface area contributed by atoms with Crippen molar-refractivity contribution in [3.8, 4) is 11.1 Å². The van der Waals surface area contributed by atoms with Gasteiger partial charge in [-0.1, -0.05) is 17.7 Å². The van der Waals surface area contributed by atoms with Gasteiger partial charge in [0, 0.05) is 46.7 Å². The molecule has 1 aliphatic carbocycles. The fourth-order valence-corrected chi connectivity index (χ4v) is 3.58. The summed E-state index contributed by atoms with van der Waals surface area (Å²) in [5.74, 6) is 0.0279. The van der Waals surface area contributed by atoms with Gasteiger partial charge in [0.2, 0.25) is 5.91 Å². The van der Waals surface area contributed by atoms with Crippen LogP contribution in [-0.4, -0.2) is 22.3 Å². The Labute approximate surface area is 156 Å². The second kappa shape index (κ2) is 6.76. The quantitative estimate of drug-likeness (QED) is 0.642. The highest BCUT2D eigenvalue weighted by Crippen LogP contribution is 2.35. The van der Waals surface area contributed by atoms with Gasteiger partial charge in [0.15, 0.2) is 0 Å². The zero-order valence-corrected chi connectivity index (χ0v) is 15.3. The lowest BCUT2D eigenvalue weighted by molar-refractivity contribution is -0.132. The summed E-state index contributed by atoms with van der Waals surface area (Å²) >= 11 is 6.16. The first-order valence-electron chi connectivity index (χ1n) is 8.91. The van der Waals surface area contributed by atoms with E-state index in [1.165, 1.54) is 12.1 Å². The summed E-state index contributed by atoms with van der Waals surface area (Å²) in [7, 11) is 0. The molecule has 0 saturated heterocycles. The SMILES string of the molecule is CCN(Cc1cc(F)ccc1-c1c[nH]c2ccc(Cl)cc12)C(=O)C1CC1. The van der Waals surface area contributed by atoms with Gasteiger partial charge in [-0.05, 0) is 61.2 Å². The minimum absolute atomic E-state index is 0.152. The molecule has 2 aromatic carbocycles. The van der Waals surface area contributed by atoms with Crippen molar-refractivity contribution >= 4 is 28.4 Å². The molecule has 0 spiro atoms. The second-order valence-corrected chi connectivity index (χ2v) is 7.26. The van der Waals surface area contributed by atoms with Crippen LogP contribution in [0.25, 0.3) is 22.0 Å². The van der Waals surface area contributed by atoms with E-state index >= 15 is 0 Å². The van der Waals surface area contributed by atoms with E-state index in [1.54, 1.807) is 6.07 Å². The number of nitrogens with one attached hydrogen (secondary N) is 1. The molecule has 0 atom stereocenters. The topological polar surface area (TPSA) is 36.1 Å². The van der Waals surface area contributed by atoms with E-state index in [2.05, 4.69) is 4.98 Å². The third kappa shape index (κ3) is 3.21. The van der Waals surface area contributed by atoms with Crippen LogP contribution >= 0.6 is 11.6 Å². The highest BCUT2D eigenvalue weighted by molar-refractivity contribution is 6.31. The van der Waals surface area contributed by atoms with Crippen molar-refractivity contribution in [3.63, 3.8) is 0 Å². The molecule has 1 heterocycles. The van der Waals surface area contributed by atoms with Crippen LogP contribution in [0, 0.1) is 11.7 Å². The standard InChI is InChI=1S/C21H20ClFN2O/c1-2-25(21(26)13-3-4-13)12-14-9-16(23)6-7-17(14)19-11-24-20-8-5-15(22)10-18(19)20/h5-11,13,24H,2-4,12H2,1H3. The van der Waals surface area contributed by atoms with Gasteiger partial charge in [-0.15, -0.1) is 0 Å². The van der Waals surface area contributed by atoms with Crippen LogP contribution in [0.15, 0.2) is 42.6 Å². The predicted molar refractivity (Wildman–Crippen MR) is 103 cm³/mol. The Hall–Kier alpha value is -2.33. The summed E-state index contributed by atoms with van der Waals surface area (Å²) in [6, 6.07) is 10.4. The van der Waals surface area contributed by atoms with E-state index in [0.717, 1.165) is 40.4 Å². The van der Waals surface area contributed by atoms with Crippen LogP contribution in [0.5, 0.6) is 0 Å². The van der Waals surface area contributed by atoms with E-state index in [-0.39, 0.29) is 17.6 Å². The summed E-state index contributed by atoms with van der Waals surface area (Å²) in [4.78, 5) is 17.5. The first-order chi connectivity index (χ1) is 12.6. The molecule has 3 aromatic rings. The molecule has 0 radical (unpaired) electrons. The molecule has 4 rings (SSSR count). The monoisotopic (exact) mass is 370 g/mol. The Kier molecular flexibility index (Phi) is 4.45. The summed E-state index contributed by atoms with van der Waals surface area (Å²) in [5.41, 5.74) is 3.66. The minimum Gasteiger partial charge on any atom is -0.361 e. The Bertz CT molecular complexity index is 977. The fraction of sp³-hybridized carbons (Fsp3) is 0.286. The van der Waals surface area contributed by atoms with Crippen molar-refractivity contribution in [1.82, 2.24) is 9.88 Å². The molecular weight excluding hydrogens is 351 g/mol. The molecule has 5 heteroatoms. The van der Waals surface area contributed by atoms with Gasteiger partial charge in [0.05, 0.1) is 0 Å². The molecule has 3 nitrogen and oxygen atoms in total. The molecule has 1 aliphatic rings. The second-order valence-electron chi connectivity index (χ2n) is 6.82. The number of halogens is 2. The van der Waals surface area contributed by atoms with Crippen molar-refractivity contribution in [2.24, 2.45) is 5.92 Å². The summed E-state index contributed by atoms with van der Waals surface area (Å²) in [5, 5.41) is 1.64. The third-order valence-corrected chi connectivity index (χ3v) is 5.22. The van der Waals surface area contributed by atoms with Crippen LogP contribution in [0.1, 0.15) is 25.3 Å². The van der Waals surface area contributed by atoms with Crippen molar-refractivity contribution in [2.45, 2.75) is 26.3 Å². The number of hydrogen-bond acceptors (Lipinski definition) is 1. The Morgan fingerprint density at radius 3 is 2.77 bits per heavy atom. The Balaban J connectivity index is 1.76. The molecular formula is C21H20ClFN2O. The van der Waals surface area contributed by atoms with Gasteiger partial charge in [-0.2, -0.15) is 0 Å². The molecule has 1 aromatic heterocycles. The molecule has 0 bridgehead atoms. The van der Waals surface area contributed by atoms with Crippen molar-refractivity contribution in [1.29, 1.82) is 0 Å². The Morgan fingerprint density at radius 2 is 2.04 bits per heavy atom. The maximum absolute atomic E-state index is 14.0. The smallest absolute Gasteiger partial charge is 0.225 e. The normalized spacial score (nSPS) is 14.0. The maximum atomic E-state index is 14.0. The molecule has 1 amide bonds. The van der Waals surface area contributed by atoms with E-state index in [0.29, 0.717) is 18.1 Å². The maximum Gasteiger partial charge on any atom is 0.225 e. The molecule has 26 heavy (non-hydrogen) atoms. The minimum atomic E-state index is -0.295. The lowest BCUT2D eigenvalue weighted by atomic mass is 9.98. The number of fused-ring (bicyclic) bond motifs is 1. The van der Waals surface area contributed by atoms with Crippen LogP contribution in [0.3, 0.4) is 0 Å². The van der Waals surface area contributed by atoms with Gasteiger partial charge in [0.1, 0.15) is 5.82 Å². The Morgan fingerprint density at radius 1 is 1.23 bits per heavy atom. The van der Waals surface area contributed by atoms with Crippen LogP contribution < -0.4 is 0 Å². The van der Waals surface area contributed by atoms with E-state index < -0.39 is 0 Å². The fourth-order valence-electron chi connectivity index (χ4n) is 3.41. The van der Waals surface area contributed by atoms with E-state index in [4.69, 9.17) is 11.6 Å². The van der Waals surface area contributed by atoms with Crippen LogP contribution in [0.2, 0.25) is 5.02 Å². The van der Waals surface area contributed by atoms with E-state index in [1.807, 2.05) is 36.2 Å². The molecule has 0 aliphatic heterocycles. The number of aromatic nitrogens is 1. The highest BCUT2D eigenvalue weighted by Gasteiger charge is 2.33. The number of carbonyl (C=O) groups is 1. The van der Waals surface area contributed by atoms with Crippen molar-refractivity contribution < 1.29 is 9.18 Å². The van der Waals surface area contributed by atoms with Crippen LogP contribution in [-0.2, 0) is 11.3 Å². The summed E-state index contributed by atoms with van der Waals surface area (Å²) in [6.07, 6.45) is 3.84. The summed E-state index contributed by atoms with van der Waals surface area (Å²) < 4.78 is 14.0. The van der Waals surface area contributed by atoms with Gasteiger partial charge in [0.25, 0.3) is 0 Å². The number of nitrogens with zero attached hydrogens (tertiary/aromatic N) is 1. The van der Waals surface area contributed by atoms with Crippen molar-refractivity contribution in [2.75, 3.05) is 6.54 Å². The number of benzene rings is 2.